The van der Waals surface area contributed by atoms with E-state index in [1.54, 1.807) is 19.2 Å². The summed E-state index contributed by atoms with van der Waals surface area (Å²) in [5.74, 6) is 0. The quantitative estimate of drug-likeness (QED) is 0.917. The molecule has 0 radical (unpaired) electrons. The average molecular weight is 263 g/mol. The summed E-state index contributed by atoms with van der Waals surface area (Å²) in [5.41, 5.74) is 2.15. The van der Waals surface area contributed by atoms with E-state index in [2.05, 4.69) is 16.9 Å². The van der Waals surface area contributed by atoms with Gasteiger partial charge in [-0.2, -0.15) is 0 Å². The zero-order valence-electron chi connectivity index (χ0n) is 10.8. The van der Waals surface area contributed by atoms with E-state index in [4.69, 9.17) is 0 Å². The van der Waals surface area contributed by atoms with Crippen molar-refractivity contribution in [2.75, 3.05) is 7.05 Å². The molecule has 100 valence electrons. The van der Waals surface area contributed by atoms with Crippen molar-refractivity contribution in [3.63, 3.8) is 0 Å². The second-order valence-corrected chi connectivity index (χ2v) is 4.21. The fourth-order valence-corrected chi connectivity index (χ4v) is 1.83. The summed E-state index contributed by atoms with van der Waals surface area (Å²) in [7, 11) is 1.63. The van der Waals surface area contributed by atoms with Gasteiger partial charge in [0.1, 0.15) is 17.7 Å². The van der Waals surface area contributed by atoms with Gasteiger partial charge in [0.05, 0.1) is 5.70 Å². The van der Waals surface area contributed by atoms with Crippen LogP contribution in [0, 0.1) is 6.92 Å². The van der Waals surface area contributed by atoms with Crippen LogP contribution in [0.5, 0.6) is 0 Å². The van der Waals surface area contributed by atoms with Gasteiger partial charge in [0.25, 0.3) is 6.43 Å². The number of aromatic nitrogens is 2. The lowest BCUT2D eigenvalue weighted by molar-refractivity contribution is 0.143. The van der Waals surface area contributed by atoms with Crippen molar-refractivity contribution < 1.29 is 8.78 Å². The summed E-state index contributed by atoms with van der Waals surface area (Å²) < 4.78 is 27.9. The highest BCUT2D eigenvalue weighted by Gasteiger charge is 2.22. The molecular weight excluding hydrogens is 248 g/mol. The van der Waals surface area contributed by atoms with Crippen molar-refractivity contribution in [1.29, 1.82) is 0 Å². The van der Waals surface area contributed by atoms with Gasteiger partial charge in [0, 0.05) is 12.7 Å². The molecule has 1 N–H and O–H groups in total. The molecule has 0 fully saturated rings. The van der Waals surface area contributed by atoms with Crippen LogP contribution in [0.15, 0.2) is 37.2 Å². The zero-order valence-corrected chi connectivity index (χ0v) is 10.8. The molecule has 0 saturated carbocycles. The zero-order chi connectivity index (χ0) is 14.0. The number of benzene rings is 1. The second kappa shape index (κ2) is 5.22. The molecule has 0 unspecified atom stereocenters. The third kappa shape index (κ3) is 2.50. The summed E-state index contributed by atoms with van der Waals surface area (Å²) in [6.07, 6.45) is -1.23. The summed E-state index contributed by atoms with van der Waals surface area (Å²) in [6.45, 7) is 5.63. The number of hydrogen-bond acceptors (Lipinski definition) is 2. The minimum atomic E-state index is -2.62. The Morgan fingerprint density at radius 3 is 2.47 bits per heavy atom. The van der Waals surface area contributed by atoms with Gasteiger partial charge in [-0.15, -0.1) is 0 Å². The lowest BCUT2D eigenvalue weighted by atomic mass is 10.2. The highest BCUT2D eigenvalue weighted by atomic mass is 19.3. The molecule has 0 aliphatic heterocycles. The van der Waals surface area contributed by atoms with E-state index < -0.39 is 6.43 Å². The summed E-state index contributed by atoms with van der Waals surface area (Å²) in [4.78, 5) is 4.03. The molecule has 2 aromatic rings. The number of nitrogens with one attached hydrogen (secondary N) is 1. The van der Waals surface area contributed by atoms with Crippen molar-refractivity contribution in [3.05, 3.63) is 54.1 Å². The average Bonchev–Trinajstić information content (AvgIpc) is 2.83. The van der Waals surface area contributed by atoms with Crippen LogP contribution < -0.4 is 5.32 Å². The first-order valence-electron chi connectivity index (χ1n) is 5.84. The number of halogens is 2. The minimum absolute atomic E-state index is 0.150. The maximum absolute atomic E-state index is 13.3. The number of nitrogens with zero attached hydrogens (tertiary/aromatic N) is 2. The molecule has 2 rings (SSSR count). The third-order valence-corrected chi connectivity index (χ3v) is 2.91. The molecule has 3 nitrogen and oxygen atoms in total. The van der Waals surface area contributed by atoms with Gasteiger partial charge in [0.15, 0.2) is 0 Å². The molecule has 0 aliphatic rings. The van der Waals surface area contributed by atoms with Crippen LogP contribution in [0.1, 0.15) is 23.4 Å². The smallest absolute Gasteiger partial charge is 0.281 e. The number of aryl methyl sites for hydroxylation is 1. The molecule has 1 heterocycles. The van der Waals surface area contributed by atoms with Gasteiger partial charge in [-0.25, -0.2) is 13.8 Å². The van der Waals surface area contributed by atoms with E-state index in [1.165, 1.54) is 10.9 Å². The first kappa shape index (κ1) is 13.3. The molecule has 0 bridgehead atoms. The lowest BCUT2D eigenvalue weighted by Crippen LogP contribution is -2.08. The Morgan fingerprint density at radius 1 is 1.32 bits per heavy atom. The predicted molar refractivity (Wildman–Crippen MR) is 71.4 cm³/mol. The Balaban J connectivity index is 2.55. The number of alkyl halides is 2. The molecular formula is C14H15F2N3. The van der Waals surface area contributed by atoms with E-state index in [0.717, 1.165) is 5.56 Å². The van der Waals surface area contributed by atoms with Crippen molar-refractivity contribution in [2.45, 2.75) is 13.3 Å². The predicted octanol–water partition coefficient (Wildman–Crippen LogP) is 3.31. The molecule has 19 heavy (non-hydrogen) atoms. The van der Waals surface area contributed by atoms with Gasteiger partial charge < -0.3 is 5.32 Å². The first-order valence-corrected chi connectivity index (χ1v) is 5.84. The number of imidazole rings is 1. The minimum Gasteiger partial charge on any atom is -0.387 e. The van der Waals surface area contributed by atoms with Crippen LogP contribution >= 0.6 is 0 Å². The largest absolute Gasteiger partial charge is 0.387 e. The highest BCUT2D eigenvalue weighted by molar-refractivity contribution is 5.61. The molecule has 1 aromatic heterocycles. The maximum Gasteiger partial charge on any atom is 0.281 e. The van der Waals surface area contributed by atoms with Crippen molar-refractivity contribution in [3.8, 4) is 5.69 Å². The van der Waals surface area contributed by atoms with Crippen LogP contribution in [0.4, 0.5) is 8.78 Å². The van der Waals surface area contributed by atoms with Crippen LogP contribution in [-0.4, -0.2) is 16.6 Å². The van der Waals surface area contributed by atoms with Crippen LogP contribution in [-0.2, 0) is 0 Å². The molecule has 0 saturated heterocycles. The number of rotatable bonds is 4. The molecule has 5 heteroatoms. The van der Waals surface area contributed by atoms with Gasteiger partial charge >= 0.3 is 0 Å². The lowest BCUT2D eigenvalue weighted by Gasteiger charge is -2.10. The van der Waals surface area contributed by atoms with Gasteiger partial charge in [0.2, 0.25) is 0 Å². The maximum atomic E-state index is 13.3. The summed E-state index contributed by atoms with van der Waals surface area (Å²) in [6, 6.07) is 7.32. The van der Waals surface area contributed by atoms with E-state index in [1.807, 2.05) is 19.1 Å². The molecule has 0 amide bonds. The highest BCUT2D eigenvalue weighted by Crippen LogP contribution is 2.28. The Bertz CT molecular complexity index is 585. The van der Waals surface area contributed by atoms with Crippen LogP contribution in [0.2, 0.25) is 0 Å². The molecule has 1 aromatic carbocycles. The Hall–Kier alpha value is -2.17. The van der Waals surface area contributed by atoms with Crippen molar-refractivity contribution in [2.24, 2.45) is 0 Å². The number of hydrogen-bond donors (Lipinski definition) is 1. The Kier molecular flexibility index (Phi) is 3.64. The van der Waals surface area contributed by atoms with E-state index in [-0.39, 0.29) is 11.4 Å². The fraction of sp³-hybridized carbons (Fsp3) is 0.214. The Labute approximate surface area is 110 Å². The van der Waals surface area contributed by atoms with Gasteiger partial charge in [-0.1, -0.05) is 24.3 Å². The summed E-state index contributed by atoms with van der Waals surface area (Å²) >= 11 is 0. The van der Waals surface area contributed by atoms with Gasteiger partial charge in [-0.05, 0) is 19.1 Å². The second-order valence-electron chi connectivity index (χ2n) is 4.21. The van der Waals surface area contributed by atoms with E-state index >= 15 is 0 Å². The van der Waals surface area contributed by atoms with Crippen molar-refractivity contribution >= 4 is 5.70 Å². The SMILES string of the molecule is C=C(NC)c1ncn(-c2ccc(C)cc2)c1C(F)F. The van der Waals surface area contributed by atoms with E-state index in [9.17, 15) is 8.78 Å². The topological polar surface area (TPSA) is 29.9 Å². The monoisotopic (exact) mass is 263 g/mol. The normalized spacial score (nSPS) is 10.8. The van der Waals surface area contributed by atoms with Crippen LogP contribution in [0.3, 0.4) is 0 Å². The third-order valence-electron chi connectivity index (χ3n) is 2.91. The van der Waals surface area contributed by atoms with E-state index in [0.29, 0.717) is 11.4 Å². The van der Waals surface area contributed by atoms with Crippen molar-refractivity contribution in [1.82, 2.24) is 14.9 Å². The van der Waals surface area contributed by atoms with Gasteiger partial charge in [-0.3, -0.25) is 4.57 Å². The molecule has 0 atom stereocenters. The fourth-order valence-electron chi connectivity index (χ4n) is 1.83. The Morgan fingerprint density at radius 2 is 1.95 bits per heavy atom. The molecule has 0 spiro atoms. The van der Waals surface area contributed by atoms with Crippen LogP contribution in [0.25, 0.3) is 11.4 Å². The molecule has 0 aliphatic carbocycles. The first-order chi connectivity index (χ1) is 9.04. The standard InChI is InChI=1S/C14H15F2N3/c1-9-4-6-11(7-5-9)19-8-18-12(10(2)17-3)13(19)14(15)16/h4-8,14,17H,2H2,1,3H3. The summed E-state index contributed by atoms with van der Waals surface area (Å²) in [5, 5.41) is 2.75.